The number of esters is 1. The Morgan fingerprint density at radius 3 is 2.36 bits per heavy atom. The van der Waals surface area contributed by atoms with Crippen LogP contribution in [0.25, 0.3) is 0 Å². The lowest BCUT2D eigenvalue weighted by atomic mass is 10.2. The lowest BCUT2D eigenvalue weighted by Gasteiger charge is -2.11. The van der Waals surface area contributed by atoms with Crippen molar-refractivity contribution in [3.05, 3.63) is 23.8 Å². The summed E-state index contributed by atoms with van der Waals surface area (Å²) in [6.07, 6.45) is 1.01. The van der Waals surface area contributed by atoms with Gasteiger partial charge in [0.25, 0.3) is 0 Å². The number of ether oxygens (including phenoxy) is 1. The average molecular weight is 351 g/mol. The van der Waals surface area contributed by atoms with Crippen LogP contribution < -0.4 is 11.1 Å². The number of sulfone groups is 1. The molecule has 0 aromatic heterocycles. The summed E-state index contributed by atoms with van der Waals surface area (Å²) in [5.41, 5.74) is 5.64. The van der Waals surface area contributed by atoms with Crippen molar-refractivity contribution in [1.82, 2.24) is 0 Å². The van der Waals surface area contributed by atoms with Crippen LogP contribution in [0.1, 0.15) is 24.2 Å². The predicted molar refractivity (Wildman–Crippen MR) is 85.0 cm³/mol. The highest BCUT2D eigenvalue weighted by atomic mass is 35.5. The molecule has 22 heavy (non-hydrogen) atoms. The molecule has 0 spiro atoms. The molecular weight excluding hydrogens is 332 g/mol. The predicted octanol–water partition coefficient (Wildman–Crippen LogP) is 0.974. The molecule has 0 heterocycles. The summed E-state index contributed by atoms with van der Waals surface area (Å²) in [4.78, 5) is 23.2. The summed E-state index contributed by atoms with van der Waals surface area (Å²) >= 11 is 0. The molecular formula is C13H19ClN2O5S. The first kappa shape index (κ1) is 20.4. The fourth-order valence-corrected chi connectivity index (χ4v) is 2.16. The first-order chi connectivity index (χ1) is 9.65. The number of carbonyl (C=O) groups excluding carboxylic acids is 2. The largest absolute Gasteiger partial charge is 0.462 e. The Morgan fingerprint density at radius 2 is 1.91 bits per heavy atom. The number of hydrogen-bond acceptors (Lipinski definition) is 6. The van der Waals surface area contributed by atoms with Crippen molar-refractivity contribution in [2.45, 2.75) is 24.8 Å². The second-order valence-electron chi connectivity index (χ2n) is 4.52. The number of amides is 1. The zero-order chi connectivity index (χ0) is 16.2. The van der Waals surface area contributed by atoms with Crippen LogP contribution in [0.5, 0.6) is 0 Å². The smallest absolute Gasteiger partial charge is 0.338 e. The second kappa shape index (κ2) is 8.11. The number of halogens is 1. The van der Waals surface area contributed by atoms with Crippen LogP contribution in [0.2, 0.25) is 0 Å². The Morgan fingerprint density at radius 1 is 1.32 bits per heavy atom. The van der Waals surface area contributed by atoms with E-state index in [0.29, 0.717) is 0 Å². The van der Waals surface area contributed by atoms with Gasteiger partial charge in [0.15, 0.2) is 9.84 Å². The lowest BCUT2D eigenvalue weighted by molar-refractivity contribution is -0.117. The third kappa shape index (κ3) is 5.63. The minimum atomic E-state index is -3.54. The molecule has 0 aliphatic rings. The van der Waals surface area contributed by atoms with E-state index in [1.54, 1.807) is 6.92 Å². The fourth-order valence-electron chi connectivity index (χ4n) is 1.47. The van der Waals surface area contributed by atoms with E-state index in [0.717, 1.165) is 6.26 Å². The molecule has 0 bridgehead atoms. The molecule has 1 atom stereocenters. The van der Waals surface area contributed by atoms with Gasteiger partial charge < -0.3 is 15.8 Å². The van der Waals surface area contributed by atoms with E-state index in [4.69, 9.17) is 10.5 Å². The van der Waals surface area contributed by atoms with E-state index in [1.807, 2.05) is 0 Å². The maximum atomic E-state index is 11.7. The van der Waals surface area contributed by atoms with Crippen molar-refractivity contribution in [2.75, 3.05) is 18.2 Å². The van der Waals surface area contributed by atoms with Crippen molar-refractivity contribution in [2.24, 2.45) is 5.73 Å². The van der Waals surface area contributed by atoms with Crippen molar-refractivity contribution >= 4 is 39.8 Å². The highest BCUT2D eigenvalue weighted by molar-refractivity contribution is 7.90. The molecule has 7 nitrogen and oxygen atoms in total. The number of rotatable bonds is 5. The highest BCUT2D eigenvalue weighted by Crippen LogP contribution is 2.20. The Hall–Kier alpha value is -1.64. The van der Waals surface area contributed by atoms with Gasteiger partial charge in [-0.2, -0.15) is 0 Å². The standard InChI is InChI=1S/C13H18N2O5S.ClH/c1-4-20-13(17)9-5-10(15-12(16)8(2)14)7-11(6-9)21(3,18)19;/h5-8H,4,14H2,1-3H3,(H,15,16);1H/t8-;/m0./s1. The van der Waals surface area contributed by atoms with Gasteiger partial charge in [-0.1, -0.05) is 0 Å². The summed E-state index contributed by atoms with van der Waals surface area (Å²) < 4.78 is 28.1. The molecule has 3 N–H and O–H groups in total. The van der Waals surface area contributed by atoms with E-state index in [1.165, 1.54) is 25.1 Å². The number of nitrogens with two attached hydrogens (primary N) is 1. The first-order valence-electron chi connectivity index (χ1n) is 6.24. The summed E-state index contributed by atoms with van der Waals surface area (Å²) in [6, 6.07) is 3.04. The lowest BCUT2D eigenvalue weighted by Crippen LogP contribution is -2.32. The molecule has 1 aromatic carbocycles. The van der Waals surface area contributed by atoms with Crippen molar-refractivity contribution < 1.29 is 22.7 Å². The van der Waals surface area contributed by atoms with Gasteiger partial charge >= 0.3 is 5.97 Å². The van der Waals surface area contributed by atoms with Gasteiger partial charge in [-0.15, -0.1) is 12.4 Å². The van der Waals surface area contributed by atoms with Crippen LogP contribution in [0.3, 0.4) is 0 Å². The zero-order valence-electron chi connectivity index (χ0n) is 12.5. The Balaban J connectivity index is 0.00000441. The summed E-state index contributed by atoms with van der Waals surface area (Å²) in [7, 11) is -3.54. The Labute approximate surface area is 135 Å². The summed E-state index contributed by atoms with van der Waals surface area (Å²) in [5, 5.41) is 2.46. The monoisotopic (exact) mass is 350 g/mol. The third-order valence-electron chi connectivity index (χ3n) is 2.53. The molecule has 0 radical (unpaired) electrons. The Bertz CT molecular complexity index is 658. The van der Waals surface area contributed by atoms with Gasteiger partial charge in [0, 0.05) is 11.9 Å². The molecule has 0 fully saturated rings. The van der Waals surface area contributed by atoms with Crippen LogP contribution in [0.4, 0.5) is 5.69 Å². The number of carbonyl (C=O) groups is 2. The van der Waals surface area contributed by atoms with Gasteiger partial charge in [-0.3, -0.25) is 4.79 Å². The van der Waals surface area contributed by atoms with Crippen molar-refractivity contribution in [1.29, 1.82) is 0 Å². The van der Waals surface area contributed by atoms with E-state index in [2.05, 4.69) is 5.32 Å². The van der Waals surface area contributed by atoms with Gasteiger partial charge in [0.1, 0.15) is 0 Å². The maximum Gasteiger partial charge on any atom is 0.338 e. The van der Waals surface area contributed by atoms with Crippen LogP contribution in [0.15, 0.2) is 23.1 Å². The van der Waals surface area contributed by atoms with Crippen LogP contribution in [0, 0.1) is 0 Å². The molecule has 1 amide bonds. The minimum Gasteiger partial charge on any atom is -0.462 e. The van der Waals surface area contributed by atoms with E-state index >= 15 is 0 Å². The SMILES string of the molecule is CCOC(=O)c1cc(NC(=O)[C@H](C)N)cc(S(C)(=O)=O)c1.Cl. The third-order valence-corrected chi connectivity index (χ3v) is 3.62. The topological polar surface area (TPSA) is 116 Å². The molecule has 0 saturated heterocycles. The molecule has 0 saturated carbocycles. The van der Waals surface area contributed by atoms with E-state index in [9.17, 15) is 18.0 Å². The van der Waals surface area contributed by atoms with Gasteiger partial charge in [0.2, 0.25) is 5.91 Å². The number of benzene rings is 1. The van der Waals surface area contributed by atoms with Gasteiger partial charge in [-0.25, -0.2) is 13.2 Å². The van der Waals surface area contributed by atoms with Crippen molar-refractivity contribution in [3.8, 4) is 0 Å². The molecule has 0 unspecified atom stereocenters. The Kier molecular flexibility index (Phi) is 7.51. The number of nitrogens with one attached hydrogen (secondary N) is 1. The molecule has 9 heteroatoms. The second-order valence-corrected chi connectivity index (χ2v) is 6.53. The van der Waals surface area contributed by atoms with Crippen LogP contribution in [-0.2, 0) is 19.4 Å². The summed E-state index contributed by atoms with van der Waals surface area (Å²) in [6.45, 7) is 3.28. The normalized spacial score (nSPS) is 12.0. The molecule has 124 valence electrons. The molecule has 1 aromatic rings. The zero-order valence-corrected chi connectivity index (χ0v) is 14.1. The summed E-state index contributed by atoms with van der Waals surface area (Å²) in [5.74, 6) is -1.16. The quantitative estimate of drug-likeness (QED) is 0.764. The highest BCUT2D eigenvalue weighted by Gasteiger charge is 2.17. The van der Waals surface area contributed by atoms with E-state index < -0.39 is 27.8 Å². The van der Waals surface area contributed by atoms with E-state index in [-0.39, 0.29) is 35.2 Å². The first-order valence-corrected chi connectivity index (χ1v) is 8.13. The van der Waals surface area contributed by atoms with Gasteiger partial charge in [-0.05, 0) is 32.0 Å². The number of anilines is 1. The molecule has 1 rings (SSSR count). The van der Waals surface area contributed by atoms with Gasteiger partial charge in [0.05, 0.1) is 23.1 Å². The average Bonchev–Trinajstić information content (AvgIpc) is 2.37. The van der Waals surface area contributed by atoms with Crippen LogP contribution in [-0.4, -0.2) is 39.2 Å². The minimum absolute atomic E-state index is 0. The number of hydrogen-bond donors (Lipinski definition) is 2. The van der Waals surface area contributed by atoms with Crippen LogP contribution >= 0.6 is 12.4 Å². The fraction of sp³-hybridized carbons (Fsp3) is 0.385. The van der Waals surface area contributed by atoms with Crippen molar-refractivity contribution in [3.63, 3.8) is 0 Å². The maximum absolute atomic E-state index is 11.7. The molecule has 0 aliphatic heterocycles. The molecule has 0 aliphatic carbocycles.